The number of nitrogens with two attached hydrogens (primary N) is 1. The Bertz CT molecular complexity index is 641. The normalized spacial score (nSPS) is 10.2. The van der Waals surface area contributed by atoms with E-state index in [0.717, 1.165) is 10.2 Å². The molecule has 110 valence electrons. The zero-order valence-electron chi connectivity index (χ0n) is 12.0. The van der Waals surface area contributed by atoms with Gasteiger partial charge in [0.2, 0.25) is 0 Å². The van der Waals surface area contributed by atoms with Crippen molar-refractivity contribution < 1.29 is 9.53 Å². The van der Waals surface area contributed by atoms with Gasteiger partial charge in [-0.1, -0.05) is 15.9 Å². The summed E-state index contributed by atoms with van der Waals surface area (Å²) in [6.45, 7) is 2.49. The van der Waals surface area contributed by atoms with E-state index in [1.54, 1.807) is 36.3 Å². The minimum Gasteiger partial charge on any atom is -0.496 e. The van der Waals surface area contributed by atoms with Crippen LogP contribution in [0.15, 0.2) is 46.9 Å². The minimum absolute atomic E-state index is 0.105. The smallest absolute Gasteiger partial charge is 0.262 e. The van der Waals surface area contributed by atoms with Crippen molar-refractivity contribution in [2.75, 3.05) is 24.3 Å². The Morgan fingerprint density at radius 2 is 1.90 bits per heavy atom. The fourth-order valence-electron chi connectivity index (χ4n) is 2.08. The van der Waals surface area contributed by atoms with Crippen molar-refractivity contribution in [1.82, 2.24) is 0 Å². The van der Waals surface area contributed by atoms with Gasteiger partial charge in [0.1, 0.15) is 5.75 Å². The van der Waals surface area contributed by atoms with Crippen molar-refractivity contribution in [3.05, 3.63) is 52.5 Å². The molecule has 0 aliphatic carbocycles. The third-order valence-corrected chi connectivity index (χ3v) is 3.65. The molecule has 0 unspecified atom stereocenters. The summed E-state index contributed by atoms with van der Waals surface area (Å²) in [7, 11) is 1.55. The van der Waals surface area contributed by atoms with E-state index >= 15 is 0 Å². The molecule has 0 bridgehead atoms. The van der Waals surface area contributed by atoms with Crippen molar-refractivity contribution >= 4 is 33.2 Å². The van der Waals surface area contributed by atoms with Crippen molar-refractivity contribution in [2.45, 2.75) is 6.92 Å². The molecule has 0 aliphatic heterocycles. The number of amides is 1. The number of nitrogen functional groups attached to an aromatic ring is 1. The first-order chi connectivity index (χ1) is 10.1. The fraction of sp³-hybridized carbons (Fsp3) is 0.188. The molecule has 0 aliphatic rings. The summed E-state index contributed by atoms with van der Waals surface area (Å²) in [6.07, 6.45) is 0. The second-order valence-electron chi connectivity index (χ2n) is 4.49. The molecule has 2 rings (SSSR count). The van der Waals surface area contributed by atoms with Gasteiger partial charge in [0.25, 0.3) is 5.91 Å². The number of anilines is 2. The number of halogens is 1. The van der Waals surface area contributed by atoms with Gasteiger partial charge in [0.15, 0.2) is 0 Å². The maximum Gasteiger partial charge on any atom is 0.262 e. The van der Waals surface area contributed by atoms with E-state index in [9.17, 15) is 4.79 Å². The molecule has 0 atom stereocenters. The molecule has 2 N–H and O–H groups in total. The molecule has 0 fully saturated rings. The second-order valence-corrected chi connectivity index (χ2v) is 5.40. The Kier molecular flexibility index (Phi) is 4.85. The first-order valence-corrected chi connectivity index (χ1v) is 7.37. The van der Waals surface area contributed by atoms with Crippen LogP contribution < -0.4 is 15.4 Å². The van der Waals surface area contributed by atoms with E-state index in [0.29, 0.717) is 23.5 Å². The van der Waals surface area contributed by atoms with Gasteiger partial charge in [-0.3, -0.25) is 4.79 Å². The van der Waals surface area contributed by atoms with Gasteiger partial charge < -0.3 is 15.4 Å². The Hall–Kier alpha value is -2.01. The summed E-state index contributed by atoms with van der Waals surface area (Å²) in [6, 6.07) is 12.6. The van der Waals surface area contributed by atoms with Crippen LogP contribution in [0.3, 0.4) is 0 Å². The first-order valence-electron chi connectivity index (χ1n) is 6.57. The van der Waals surface area contributed by atoms with Gasteiger partial charge in [-0.15, -0.1) is 0 Å². The number of hydrogen-bond donors (Lipinski definition) is 1. The van der Waals surface area contributed by atoms with E-state index in [4.69, 9.17) is 10.5 Å². The van der Waals surface area contributed by atoms with Crippen molar-refractivity contribution in [2.24, 2.45) is 0 Å². The SMILES string of the molecule is CCN(C(=O)c1ccc(Br)cc1OC)c1ccc(N)cc1. The van der Waals surface area contributed by atoms with Gasteiger partial charge in [0, 0.05) is 22.4 Å². The van der Waals surface area contributed by atoms with Crippen molar-refractivity contribution in [3.8, 4) is 5.75 Å². The molecule has 0 saturated heterocycles. The minimum atomic E-state index is -0.105. The van der Waals surface area contributed by atoms with E-state index in [2.05, 4.69) is 15.9 Å². The molecule has 0 aromatic heterocycles. The van der Waals surface area contributed by atoms with E-state index < -0.39 is 0 Å². The summed E-state index contributed by atoms with van der Waals surface area (Å²) in [5, 5.41) is 0. The Balaban J connectivity index is 2.39. The van der Waals surface area contributed by atoms with E-state index in [-0.39, 0.29) is 5.91 Å². The van der Waals surface area contributed by atoms with E-state index in [1.807, 2.05) is 25.1 Å². The van der Waals surface area contributed by atoms with Crippen LogP contribution in [0.2, 0.25) is 0 Å². The lowest BCUT2D eigenvalue weighted by Crippen LogP contribution is -2.30. The number of ether oxygens (including phenoxy) is 1. The third kappa shape index (κ3) is 3.36. The number of carbonyl (C=O) groups is 1. The van der Waals surface area contributed by atoms with Crippen LogP contribution in [0.1, 0.15) is 17.3 Å². The molecule has 5 heteroatoms. The highest BCUT2D eigenvalue weighted by molar-refractivity contribution is 9.10. The van der Waals surface area contributed by atoms with Crippen LogP contribution >= 0.6 is 15.9 Å². The highest BCUT2D eigenvalue weighted by atomic mass is 79.9. The summed E-state index contributed by atoms with van der Waals surface area (Å²) >= 11 is 3.37. The Morgan fingerprint density at radius 1 is 1.24 bits per heavy atom. The molecule has 2 aromatic rings. The van der Waals surface area contributed by atoms with Gasteiger partial charge in [-0.25, -0.2) is 0 Å². The third-order valence-electron chi connectivity index (χ3n) is 3.16. The fourth-order valence-corrected chi connectivity index (χ4v) is 2.42. The van der Waals surface area contributed by atoms with Crippen molar-refractivity contribution in [1.29, 1.82) is 0 Å². The molecule has 0 saturated carbocycles. The number of nitrogens with zero attached hydrogens (tertiary/aromatic N) is 1. The lowest BCUT2D eigenvalue weighted by atomic mass is 10.1. The highest BCUT2D eigenvalue weighted by Gasteiger charge is 2.20. The summed E-state index contributed by atoms with van der Waals surface area (Å²) in [4.78, 5) is 14.4. The Labute approximate surface area is 132 Å². The Morgan fingerprint density at radius 3 is 2.48 bits per heavy atom. The van der Waals surface area contributed by atoms with Crippen LogP contribution in [-0.2, 0) is 0 Å². The van der Waals surface area contributed by atoms with Gasteiger partial charge >= 0.3 is 0 Å². The zero-order valence-corrected chi connectivity index (χ0v) is 13.6. The molecule has 2 aromatic carbocycles. The summed E-state index contributed by atoms with van der Waals surface area (Å²) < 4.78 is 6.17. The lowest BCUT2D eigenvalue weighted by molar-refractivity contribution is 0.0985. The topological polar surface area (TPSA) is 55.6 Å². The van der Waals surface area contributed by atoms with Crippen LogP contribution in [0, 0.1) is 0 Å². The molecule has 4 nitrogen and oxygen atoms in total. The number of hydrogen-bond acceptors (Lipinski definition) is 3. The molecule has 1 amide bonds. The highest BCUT2D eigenvalue weighted by Crippen LogP contribution is 2.27. The summed E-state index contributed by atoms with van der Waals surface area (Å²) in [5.41, 5.74) is 7.69. The maximum atomic E-state index is 12.8. The number of rotatable bonds is 4. The maximum absolute atomic E-state index is 12.8. The quantitative estimate of drug-likeness (QED) is 0.857. The van der Waals surface area contributed by atoms with E-state index in [1.165, 1.54) is 0 Å². The van der Waals surface area contributed by atoms with Crippen LogP contribution in [0.4, 0.5) is 11.4 Å². The molecule has 21 heavy (non-hydrogen) atoms. The predicted octanol–water partition coefficient (Wildman–Crippen LogP) is 3.71. The first kappa shape index (κ1) is 15.4. The molecule has 0 spiro atoms. The number of methoxy groups -OCH3 is 1. The van der Waals surface area contributed by atoms with Crippen LogP contribution in [0.25, 0.3) is 0 Å². The zero-order chi connectivity index (χ0) is 15.4. The predicted molar refractivity (Wildman–Crippen MR) is 88.9 cm³/mol. The number of benzene rings is 2. The lowest BCUT2D eigenvalue weighted by Gasteiger charge is -2.22. The summed E-state index contributed by atoms with van der Waals surface area (Å²) in [5.74, 6) is 0.440. The molecule has 0 radical (unpaired) electrons. The number of carbonyl (C=O) groups excluding carboxylic acids is 1. The standard InChI is InChI=1S/C16H17BrN2O2/c1-3-19(13-7-5-12(18)6-8-13)16(20)14-9-4-11(17)10-15(14)21-2/h4-10H,3,18H2,1-2H3. The molecule has 0 heterocycles. The monoisotopic (exact) mass is 348 g/mol. The van der Waals surface area contributed by atoms with Gasteiger partial charge in [-0.05, 0) is 49.4 Å². The average Bonchev–Trinajstić information content (AvgIpc) is 2.49. The van der Waals surface area contributed by atoms with Gasteiger partial charge in [-0.2, -0.15) is 0 Å². The second kappa shape index (κ2) is 6.63. The molecular weight excluding hydrogens is 332 g/mol. The largest absolute Gasteiger partial charge is 0.496 e. The van der Waals surface area contributed by atoms with Crippen molar-refractivity contribution in [3.63, 3.8) is 0 Å². The van der Waals surface area contributed by atoms with Crippen LogP contribution in [0.5, 0.6) is 5.75 Å². The average molecular weight is 349 g/mol. The van der Waals surface area contributed by atoms with Gasteiger partial charge in [0.05, 0.1) is 12.7 Å². The van der Waals surface area contributed by atoms with Crippen LogP contribution in [-0.4, -0.2) is 19.6 Å². The molecular formula is C16H17BrN2O2.